The van der Waals surface area contributed by atoms with E-state index in [-0.39, 0.29) is 35.9 Å². The lowest BCUT2D eigenvalue weighted by Crippen LogP contribution is -2.44. The highest BCUT2D eigenvalue weighted by Crippen LogP contribution is 2.35. The number of carbonyl (C=O) groups excluding carboxylic acids is 1. The minimum Gasteiger partial charge on any atom is -0.478 e. The smallest absolute Gasteiger partial charge is 0.416 e. The first kappa shape index (κ1) is 33.4. The molecule has 14 heteroatoms. The molecule has 11 nitrogen and oxygen atoms in total. The summed E-state index contributed by atoms with van der Waals surface area (Å²) in [4.78, 5) is 25.8. The van der Waals surface area contributed by atoms with Gasteiger partial charge in [-0.15, -0.1) is 5.10 Å². The fourth-order valence-corrected chi connectivity index (χ4v) is 4.98. The minimum atomic E-state index is -4.57. The molecule has 5 rings (SSSR count). The number of rotatable bonds is 9. The first-order chi connectivity index (χ1) is 22.5. The number of benzene rings is 2. The number of hydrogen-bond donors (Lipinski definition) is 3. The highest BCUT2D eigenvalue weighted by molar-refractivity contribution is 6.04. The van der Waals surface area contributed by atoms with Crippen LogP contribution in [0.5, 0.6) is 5.88 Å². The van der Waals surface area contributed by atoms with Crippen LogP contribution < -0.4 is 15.4 Å². The second-order valence-corrected chi connectivity index (χ2v) is 11.1. The number of likely N-dealkylation sites (N-methyl/N-ethyl adjacent to an activating group) is 1. The van der Waals surface area contributed by atoms with E-state index in [2.05, 4.69) is 42.4 Å². The number of aryl methyl sites for hydroxylation is 1. The first-order valence-corrected chi connectivity index (χ1v) is 14.9. The van der Waals surface area contributed by atoms with Gasteiger partial charge in [0.25, 0.3) is 11.8 Å². The number of aromatic nitrogens is 4. The van der Waals surface area contributed by atoms with E-state index in [1.165, 1.54) is 36.3 Å². The third-order valence-electron chi connectivity index (χ3n) is 7.65. The van der Waals surface area contributed by atoms with Gasteiger partial charge in [0.2, 0.25) is 5.95 Å². The van der Waals surface area contributed by atoms with Crippen LogP contribution >= 0.6 is 0 Å². The lowest BCUT2D eigenvalue weighted by Gasteiger charge is -2.33. The number of aliphatic hydroxyl groups excluding tert-OH is 1. The molecule has 1 aliphatic rings. The third-order valence-corrected chi connectivity index (χ3v) is 7.65. The summed E-state index contributed by atoms with van der Waals surface area (Å²) in [7, 11) is 3.47. The monoisotopic (exact) mass is 648 g/mol. The molecule has 0 spiro atoms. The molecule has 1 saturated heterocycles. The minimum absolute atomic E-state index is 0.0573. The van der Waals surface area contributed by atoms with Gasteiger partial charge in [-0.25, -0.2) is 9.97 Å². The Hall–Kier alpha value is -4.97. The summed E-state index contributed by atoms with van der Waals surface area (Å²) >= 11 is 0. The molecule has 0 unspecified atom stereocenters. The van der Waals surface area contributed by atoms with E-state index in [1.54, 1.807) is 24.4 Å². The molecule has 246 valence electrons. The van der Waals surface area contributed by atoms with E-state index in [4.69, 9.17) is 9.84 Å². The summed E-state index contributed by atoms with van der Waals surface area (Å²) in [6.07, 6.45) is 0.163. The second-order valence-electron chi connectivity index (χ2n) is 11.1. The molecule has 3 N–H and O–H groups in total. The number of methoxy groups -OCH3 is 1. The quantitative estimate of drug-likeness (QED) is 0.230. The Morgan fingerprint density at radius 2 is 1.81 bits per heavy atom. The van der Waals surface area contributed by atoms with Gasteiger partial charge in [-0.3, -0.25) is 14.4 Å². The van der Waals surface area contributed by atoms with Crippen LogP contribution in [-0.4, -0.2) is 87.5 Å². The van der Waals surface area contributed by atoms with Crippen molar-refractivity contribution < 1.29 is 27.8 Å². The van der Waals surface area contributed by atoms with Gasteiger partial charge in [0, 0.05) is 61.9 Å². The molecule has 4 aromatic rings. The molecule has 0 saturated carbocycles. The highest BCUT2D eigenvalue weighted by atomic mass is 19.4. The van der Waals surface area contributed by atoms with Crippen LogP contribution in [-0.2, 0) is 19.3 Å². The number of anilines is 3. The molecule has 0 atom stereocenters. The fraction of sp³-hybridized carbons (Fsp3) is 0.333. The Morgan fingerprint density at radius 3 is 2.49 bits per heavy atom. The van der Waals surface area contributed by atoms with Crippen LogP contribution in [0.3, 0.4) is 0 Å². The van der Waals surface area contributed by atoms with E-state index in [1.807, 2.05) is 18.9 Å². The summed E-state index contributed by atoms with van der Waals surface area (Å²) in [5.74, 6) is 6.07. The largest absolute Gasteiger partial charge is 0.478 e. The molecule has 0 radical (unpaired) electrons. The van der Waals surface area contributed by atoms with Crippen molar-refractivity contribution in [2.45, 2.75) is 26.2 Å². The van der Waals surface area contributed by atoms with Crippen LogP contribution in [0.15, 0.2) is 55.0 Å². The van der Waals surface area contributed by atoms with E-state index < -0.39 is 17.6 Å². The Balaban J connectivity index is 1.27. The number of ether oxygens (including phenoxy) is 1. The molecule has 0 bridgehead atoms. The normalized spacial score (nSPS) is 13.9. The van der Waals surface area contributed by atoms with Crippen molar-refractivity contribution in [1.29, 1.82) is 0 Å². The van der Waals surface area contributed by atoms with E-state index in [0.717, 1.165) is 24.7 Å². The fourth-order valence-electron chi connectivity index (χ4n) is 4.98. The Labute approximate surface area is 270 Å². The summed E-state index contributed by atoms with van der Waals surface area (Å²) in [5.41, 5.74) is 2.15. The Bertz CT molecular complexity index is 1770. The summed E-state index contributed by atoms with van der Waals surface area (Å²) in [5, 5.41) is 19.0. The lowest BCUT2D eigenvalue weighted by atomic mass is 10.0. The average Bonchev–Trinajstić information content (AvgIpc) is 3.43. The van der Waals surface area contributed by atoms with Crippen LogP contribution in [0, 0.1) is 18.8 Å². The summed E-state index contributed by atoms with van der Waals surface area (Å²) < 4.78 is 48.8. The molecule has 1 fully saturated rings. The number of piperazine rings is 1. The van der Waals surface area contributed by atoms with Gasteiger partial charge in [0.1, 0.15) is 5.69 Å². The van der Waals surface area contributed by atoms with Crippen molar-refractivity contribution in [1.82, 2.24) is 29.5 Å². The number of alkyl halides is 3. The predicted octanol–water partition coefficient (Wildman–Crippen LogP) is 4.14. The average molecular weight is 649 g/mol. The number of halogens is 3. The number of nitrogens with one attached hydrogen (secondary N) is 2. The van der Waals surface area contributed by atoms with Crippen molar-refractivity contribution in [3.05, 3.63) is 88.4 Å². The summed E-state index contributed by atoms with van der Waals surface area (Å²) in [6.45, 7) is 5.24. The van der Waals surface area contributed by atoms with Crippen LogP contribution in [0.1, 0.15) is 38.2 Å². The summed E-state index contributed by atoms with van der Waals surface area (Å²) in [6, 6.07) is 8.86. The maximum Gasteiger partial charge on any atom is 0.416 e. The van der Waals surface area contributed by atoms with E-state index in [0.29, 0.717) is 42.3 Å². The van der Waals surface area contributed by atoms with E-state index in [9.17, 15) is 18.0 Å². The van der Waals surface area contributed by atoms with Gasteiger partial charge in [0.05, 0.1) is 37.6 Å². The van der Waals surface area contributed by atoms with Gasteiger partial charge >= 0.3 is 6.18 Å². The zero-order chi connectivity index (χ0) is 33.6. The predicted molar refractivity (Wildman–Crippen MR) is 171 cm³/mol. The molecular formula is C33H35F3N8O3. The van der Waals surface area contributed by atoms with Gasteiger partial charge in [-0.05, 0) is 49.4 Å². The van der Waals surface area contributed by atoms with Gasteiger partial charge in [-0.1, -0.05) is 24.0 Å². The number of carbonyl (C=O) groups is 1. The van der Waals surface area contributed by atoms with Crippen molar-refractivity contribution in [2.75, 3.05) is 57.6 Å². The molecule has 1 amide bonds. The van der Waals surface area contributed by atoms with Crippen molar-refractivity contribution >= 4 is 23.2 Å². The third kappa shape index (κ3) is 8.64. The van der Waals surface area contributed by atoms with E-state index >= 15 is 0 Å². The number of amides is 1. The maximum absolute atomic E-state index is 14.0. The topological polar surface area (TPSA) is 121 Å². The Morgan fingerprint density at radius 1 is 1.06 bits per heavy atom. The number of nitrogens with zero attached hydrogens (tertiary/aromatic N) is 6. The SMILES string of the molecule is COc1nn(CCO)cc1Nc1ncc(C#Cc2cc(C(=O)Nc3ccc(CN4CCN(C)CC4)c(C(F)(F)F)c3)ccc2C)cn1. The van der Waals surface area contributed by atoms with Crippen molar-refractivity contribution in [2.24, 2.45) is 0 Å². The lowest BCUT2D eigenvalue weighted by molar-refractivity contribution is -0.138. The molecule has 0 aliphatic carbocycles. The van der Waals surface area contributed by atoms with Crippen molar-refractivity contribution in [3.8, 4) is 17.7 Å². The molecule has 2 aromatic carbocycles. The van der Waals surface area contributed by atoms with Crippen LogP contribution in [0.25, 0.3) is 0 Å². The Kier molecular flexibility index (Phi) is 10.4. The second kappa shape index (κ2) is 14.6. The molecule has 1 aliphatic heterocycles. The van der Waals surface area contributed by atoms with Crippen LogP contribution in [0.4, 0.5) is 30.5 Å². The standard InChI is InChI=1S/C33H35F3N8O3/c1-22-4-6-25(30(46)39-27-9-8-26(28(17-27)33(34,35)36)20-43-12-10-42(2)11-13-43)16-24(22)7-5-23-18-37-32(38-19-23)40-29-21-44(14-15-45)41-31(29)47-3/h4,6,8-9,16-19,21,45H,10-15,20H2,1-3H3,(H,39,46)(H,37,38,40). The zero-order valence-corrected chi connectivity index (χ0v) is 26.2. The van der Waals surface area contributed by atoms with Gasteiger partial charge in [0.15, 0.2) is 0 Å². The van der Waals surface area contributed by atoms with Crippen molar-refractivity contribution in [3.63, 3.8) is 0 Å². The maximum atomic E-state index is 14.0. The van der Waals surface area contributed by atoms with Gasteiger partial charge < -0.3 is 25.4 Å². The van der Waals surface area contributed by atoms with Gasteiger partial charge in [-0.2, -0.15) is 13.2 Å². The first-order valence-electron chi connectivity index (χ1n) is 14.9. The zero-order valence-electron chi connectivity index (χ0n) is 26.2. The number of aliphatic hydroxyl groups is 1. The molecule has 47 heavy (non-hydrogen) atoms. The van der Waals surface area contributed by atoms with Crippen LogP contribution in [0.2, 0.25) is 0 Å². The molecular weight excluding hydrogens is 613 g/mol. The molecule has 3 heterocycles. The molecule has 2 aromatic heterocycles. The number of hydrogen-bond acceptors (Lipinski definition) is 9. The highest BCUT2D eigenvalue weighted by Gasteiger charge is 2.34.